The van der Waals surface area contributed by atoms with Crippen molar-refractivity contribution < 1.29 is 32.2 Å². The van der Waals surface area contributed by atoms with E-state index in [0.29, 0.717) is 52.6 Å². The highest BCUT2D eigenvalue weighted by Gasteiger charge is 2.49. The lowest BCUT2D eigenvalue weighted by Gasteiger charge is -2.30. The lowest BCUT2D eigenvalue weighted by molar-refractivity contribution is 0.0512. The van der Waals surface area contributed by atoms with Gasteiger partial charge in [-0.25, -0.2) is 18.0 Å². The van der Waals surface area contributed by atoms with Crippen molar-refractivity contribution in [3.63, 3.8) is 0 Å². The molecule has 5 heterocycles. The molecular weight excluding hydrogens is 679 g/mol. The van der Waals surface area contributed by atoms with Crippen molar-refractivity contribution in [1.82, 2.24) is 34.5 Å². The summed E-state index contributed by atoms with van der Waals surface area (Å²) in [6, 6.07) is 5.81. The van der Waals surface area contributed by atoms with Gasteiger partial charge in [-0.2, -0.15) is 14.6 Å². The number of carbonyl (C=O) groups is 1. The van der Waals surface area contributed by atoms with Gasteiger partial charge in [0.25, 0.3) is 0 Å². The van der Waals surface area contributed by atoms with Crippen molar-refractivity contribution in [2.24, 2.45) is 0 Å². The normalized spacial score (nSPS) is 18.6. The lowest BCUT2D eigenvalue weighted by Crippen LogP contribution is -2.43. The van der Waals surface area contributed by atoms with Crippen molar-refractivity contribution in [3.05, 3.63) is 59.4 Å². The number of nitrogens with zero attached hydrogens (tertiary/aromatic N) is 7. The number of anilines is 2. The molecule has 13 nitrogen and oxygen atoms in total. The van der Waals surface area contributed by atoms with Crippen molar-refractivity contribution in [1.29, 1.82) is 0 Å². The number of methoxy groups -OCH3 is 1. The maximum absolute atomic E-state index is 17.0. The van der Waals surface area contributed by atoms with E-state index in [0.717, 1.165) is 24.1 Å². The largest absolute Gasteiger partial charge is 0.468 e. The number of pyridine rings is 1. The van der Waals surface area contributed by atoms with E-state index >= 15 is 8.78 Å². The second kappa shape index (κ2) is 14.1. The van der Waals surface area contributed by atoms with Gasteiger partial charge >= 0.3 is 12.0 Å². The fraction of sp³-hybridized carbons (Fsp3) is 0.417. The summed E-state index contributed by atoms with van der Waals surface area (Å²) in [5.74, 6) is -0.541. The van der Waals surface area contributed by atoms with Crippen LogP contribution in [0.3, 0.4) is 0 Å². The summed E-state index contributed by atoms with van der Waals surface area (Å²) in [5, 5.41) is 8.64. The summed E-state index contributed by atoms with van der Waals surface area (Å²) < 4.78 is 64.9. The molecule has 274 valence electrons. The van der Waals surface area contributed by atoms with Crippen molar-refractivity contribution in [2.45, 2.75) is 50.9 Å². The number of aromatic nitrogens is 5. The lowest BCUT2D eigenvalue weighted by atomic mass is 9.94. The molecule has 2 aliphatic rings. The van der Waals surface area contributed by atoms with E-state index in [4.69, 9.17) is 19.9 Å². The molecule has 2 aromatic carbocycles. The van der Waals surface area contributed by atoms with E-state index in [-0.39, 0.29) is 54.2 Å². The van der Waals surface area contributed by atoms with Crippen LogP contribution in [-0.4, -0.2) is 100.0 Å². The summed E-state index contributed by atoms with van der Waals surface area (Å²) >= 11 is 0. The average Bonchev–Trinajstić information content (AvgIpc) is 3.79. The van der Waals surface area contributed by atoms with Crippen LogP contribution in [0.5, 0.6) is 11.8 Å². The Hall–Kier alpha value is -5.22. The standard InChI is InChI=1S/C36H40F3N9O4/c1-5-24-27(38)8-7-20-11-23(52-19-50-4)12-25(28(20)24)30-29(39)31-26(15-41-30)33(42-14-21-16-48(45-32(21)40)35(49)46(2)3)44-34(43-31)51-18-36-9-6-10-47(36)17-22(37)13-36/h7-8,11-12,15-16,22H,5-6,9-10,13-14,17-19H2,1-4H3,(H2,40,45)(H,42,43,44)/t22-,36+/m1/s1. The smallest absolute Gasteiger partial charge is 0.344 e. The maximum Gasteiger partial charge on any atom is 0.344 e. The Morgan fingerprint density at radius 3 is 2.79 bits per heavy atom. The number of amides is 1. The Kier molecular flexibility index (Phi) is 9.52. The second-order valence-electron chi connectivity index (χ2n) is 13.4. The highest BCUT2D eigenvalue weighted by Crippen LogP contribution is 2.41. The molecule has 0 unspecified atom stereocenters. The zero-order chi connectivity index (χ0) is 36.7. The van der Waals surface area contributed by atoms with Gasteiger partial charge in [0.1, 0.15) is 41.4 Å². The number of halogens is 3. The van der Waals surface area contributed by atoms with Gasteiger partial charge in [-0.05, 0) is 60.3 Å². The number of fused-ring (bicyclic) bond motifs is 3. The molecule has 52 heavy (non-hydrogen) atoms. The van der Waals surface area contributed by atoms with Crippen LogP contribution in [-0.2, 0) is 17.7 Å². The number of ether oxygens (including phenoxy) is 3. The highest BCUT2D eigenvalue weighted by atomic mass is 19.1. The summed E-state index contributed by atoms with van der Waals surface area (Å²) in [4.78, 5) is 29.6. The minimum Gasteiger partial charge on any atom is -0.468 e. The van der Waals surface area contributed by atoms with Gasteiger partial charge in [-0.1, -0.05) is 13.0 Å². The zero-order valence-electron chi connectivity index (χ0n) is 29.4. The van der Waals surface area contributed by atoms with Gasteiger partial charge in [-0.15, -0.1) is 5.10 Å². The van der Waals surface area contributed by atoms with Gasteiger partial charge < -0.3 is 30.2 Å². The highest BCUT2D eigenvalue weighted by molar-refractivity contribution is 6.01. The van der Waals surface area contributed by atoms with E-state index in [1.54, 1.807) is 32.3 Å². The predicted molar refractivity (Wildman–Crippen MR) is 189 cm³/mol. The fourth-order valence-electron chi connectivity index (χ4n) is 7.34. The molecule has 3 N–H and O–H groups in total. The number of carbonyl (C=O) groups excluding carboxylic acids is 1. The van der Waals surface area contributed by atoms with Crippen LogP contribution in [0, 0.1) is 11.6 Å². The molecule has 0 spiro atoms. The fourth-order valence-corrected chi connectivity index (χ4v) is 7.34. The first-order valence-corrected chi connectivity index (χ1v) is 17.1. The molecule has 0 radical (unpaired) electrons. The number of aryl methyl sites for hydroxylation is 1. The van der Waals surface area contributed by atoms with Crippen LogP contribution in [0.25, 0.3) is 32.9 Å². The number of rotatable bonds is 11. The summed E-state index contributed by atoms with van der Waals surface area (Å²) in [5.41, 5.74) is 6.64. The number of nitrogens with two attached hydrogens (primary N) is 1. The van der Waals surface area contributed by atoms with E-state index in [1.165, 1.54) is 30.5 Å². The van der Waals surface area contributed by atoms with Gasteiger partial charge in [0.05, 0.1) is 10.9 Å². The van der Waals surface area contributed by atoms with Crippen LogP contribution in [0.15, 0.2) is 36.7 Å². The molecular formula is C36H40F3N9O4. The first kappa shape index (κ1) is 35.2. The minimum absolute atomic E-state index is 0.0574. The molecule has 0 bridgehead atoms. The van der Waals surface area contributed by atoms with Gasteiger partial charge in [0.15, 0.2) is 18.4 Å². The van der Waals surface area contributed by atoms with Gasteiger partial charge in [0.2, 0.25) is 0 Å². The molecule has 16 heteroatoms. The third-order valence-corrected chi connectivity index (χ3v) is 9.84. The predicted octanol–water partition coefficient (Wildman–Crippen LogP) is 5.54. The molecule has 2 atom stereocenters. The molecule has 2 fully saturated rings. The third-order valence-electron chi connectivity index (χ3n) is 9.84. The Morgan fingerprint density at radius 2 is 2.02 bits per heavy atom. The second-order valence-corrected chi connectivity index (χ2v) is 13.4. The summed E-state index contributed by atoms with van der Waals surface area (Å²) in [7, 11) is 4.67. The molecule has 0 aliphatic carbocycles. The molecule has 2 aliphatic heterocycles. The Balaban J connectivity index is 1.33. The Labute approximate surface area is 297 Å². The monoisotopic (exact) mass is 719 g/mol. The van der Waals surface area contributed by atoms with Gasteiger partial charge in [0, 0.05) is 64.2 Å². The Bertz CT molecular complexity index is 2160. The Morgan fingerprint density at radius 1 is 1.19 bits per heavy atom. The molecule has 0 saturated carbocycles. The SMILES string of the molecule is CCc1c(F)ccc2cc(OCOC)cc(-c3ncc4c(NCc5cn(C(=O)N(C)C)nc5N)nc(OC[C@@]56CCCN5C[C@H](F)C6)nc4c3F)c12. The quantitative estimate of drug-likeness (QED) is 0.166. The first-order chi connectivity index (χ1) is 25.0. The van der Waals surface area contributed by atoms with Crippen molar-refractivity contribution in [2.75, 3.05) is 58.7 Å². The van der Waals surface area contributed by atoms with Crippen LogP contribution < -0.4 is 20.5 Å². The minimum atomic E-state index is -0.966. The summed E-state index contributed by atoms with van der Waals surface area (Å²) in [6.45, 7) is 3.05. The average molecular weight is 720 g/mol. The van der Waals surface area contributed by atoms with Crippen LogP contribution in [0.2, 0.25) is 0 Å². The third kappa shape index (κ3) is 6.40. The van der Waals surface area contributed by atoms with Gasteiger partial charge in [-0.3, -0.25) is 9.88 Å². The number of hydrogen-bond donors (Lipinski definition) is 2. The van der Waals surface area contributed by atoms with E-state index < -0.39 is 29.4 Å². The van der Waals surface area contributed by atoms with Crippen LogP contribution in [0.1, 0.15) is 37.3 Å². The van der Waals surface area contributed by atoms with Crippen molar-refractivity contribution >= 4 is 39.3 Å². The van der Waals surface area contributed by atoms with Crippen LogP contribution >= 0.6 is 0 Å². The van der Waals surface area contributed by atoms with Crippen LogP contribution in [0.4, 0.5) is 29.6 Å². The molecule has 7 rings (SSSR count). The zero-order valence-corrected chi connectivity index (χ0v) is 29.4. The first-order valence-electron chi connectivity index (χ1n) is 17.1. The maximum atomic E-state index is 17.0. The molecule has 2 saturated heterocycles. The number of nitrogens with one attached hydrogen (secondary N) is 1. The van der Waals surface area contributed by atoms with E-state index in [2.05, 4.69) is 30.3 Å². The van der Waals surface area contributed by atoms with Crippen molar-refractivity contribution in [3.8, 4) is 23.0 Å². The molecule has 5 aromatic rings. The number of nitrogen functional groups attached to an aromatic ring is 1. The number of hydrogen-bond acceptors (Lipinski definition) is 11. The molecule has 3 aromatic heterocycles. The molecule has 1 amide bonds. The van der Waals surface area contributed by atoms with E-state index in [1.807, 2.05) is 6.92 Å². The number of benzene rings is 2. The topological polar surface area (TPSA) is 146 Å². The summed E-state index contributed by atoms with van der Waals surface area (Å²) in [6.07, 6.45) is 4.31. The number of alkyl halides is 1. The van der Waals surface area contributed by atoms with E-state index in [9.17, 15) is 9.18 Å².